The van der Waals surface area contributed by atoms with E-state index in [0.29, 0.717) is 39.9 Å². The summed E-state index contributed by atoms with van der Waals surface area (Å²) >= 11 is 0. The SMILES string of the molecule is COc1ccc2c(c1)C(=O)C(=Cc1cc(OC)c(OC)c(OC)c1)C(c1ccccc1)O2. The van der Waals surface area contributed by atoms with E-state index in [1.807, 2.05) is 30.3 Å². The van der Waals surface area contributed by atoms with Gasteiger partial charge < -0.3 is 23.7 Å². The monoisotopic (exact) mass is 432 g/mol. The first-order valence-corrected chi connectivity index (χ1v) is 10.1. The van der Waals surface area contributed by atoms with Gasteiger partial charge in [-0.05, 0) is 47.5 Å². The van der Waals surface area contributed by atoms with Gasteiger partial charge >= 0.3 is 0 Å². The number of benzene rings is 3. The molecule has 0 radical (unpaired) electrons. The van der Waals surface area contributed by atoms with E-state index >= 15 is 0 Å². The lowest BCUT2D eigenvalue weighted by molar-refractivity contribution is 0.0963. The van der Waals surface area contributed by atoms with E-state index in [-0.39, 0.29) is 5.78 Å². The first-order chi connectivity index (χ1) is 15.6. The molecule has 6 heteroatoms. The highest BCUT2D eigenvalue weighted by Crippen LogP contribution is 2.43. The number of hydrogen-bond donors (Lipinski definition) is 0. The summed E-state index contributed by atoms with van der Waals surface area (Å²) in [5.41, 5.74) is 2.54. The third-order valence-corrected chi connectivity index (χ3v) is 5.33. The Morgan fingerprint density at radius 2 is 1.50 bits per heavy atom. The van der Waals surface area contributed by atoms with Crippen LogP contribution in [0.1, 0.15) is 27.6 Å². The van der Waals surface area contributed by atoms with Gasteiger partial charge in [-0.1, -0.05) is 30.3 Å². The molecule has 32 heavy (non-hydrogen) atoms. The van der Waals surface area contributed by atoms with Crippen LogP contribution in [0.15, 0.2) is 66.2 Å². The van der Waals surface area contributed by atoms with E-state index in [2.05, 4.69) is 0 Å². The molecule has 0 aliphatic carbocycles. The van der Waals surface area contributed by atoms with Crippen molar-refractivity contribution in [2.45, 2.75) is 6.10 Å². The lowest BCUT2D eigenvalue weighted by atomic mass is 9.89. The third-order valence-electron chi connectivity index (χ3n) is 5.33. The minimum atomic E-state index is -0.566. The van der Waals surface area contributed by atoms with E-state index < -0.39 is 6.10 Å². The highest BCUT2D eigenvalue weighted by Gasteiger charge is 2.33. The molecule has 0 aromatic heterocycles. The summed E-state index contributed by atoms with van der Waals surface area (Å²) in [6.45, 7) is 0. The number of Topliss-reactive ketones (excluding diaryl/α,β-unsaturated/α-hetero) is 1. The predicted molar refractivity (Wildman–Crippen MR) is 121 cm³/mol. The molecule has 3 aromatic carbocycles. The minimum Gasteiger partial charge on any atom is -0.497 e. The fourth-order valence-corrected chi connectivity index (χ4v) is 3.76. The molecule has 0 N–H and O–H groups in total. The number of rotatable bonds is 6. The number of carbonyl (C=O) groups is 1. The number of hydrogen-bond acceptors (Lipinski definition) is 6. The molecule has 3 aromatic rings. The van der Waals surface area contributed by atoms with E-state index in [1.165, 1.54) is 0 Å². The maximum Gasteiger partial charge on any atom is 0.203 e. The van der Waals surface area contributed by atoms with Gasteiger partial charge in [0.05, 0.1) is 34.0 Å². The molecular weight excluding hydrogens is 408 g/mol. The quantitative estimate of drug-likeness (QED) is 0.504. The average molecular weight is 432 g/mol. The summed E-state index contributed by atoms with van der Waals surface area (Å²) in [5, 5.41) is 0. The largest absolute Gasteiger partial charge is 0.497 e. The van der Waals surface area contributed by atoms with Crippen LogP contribution in [0.25, 0.3) is 6.08 Å². The van der Waals surface area contributed by atoms with Crippen LogP contribution in [0, 0.1) is 0 Å². The molecule has 1 aliphatic heterocycles. The smallest absolute Gasteiger partial charge is 0.203 e. The highest BCUT2D eigenvalue weighted by molar-refractivity contribution is 6.15. The van der Waals surface area contributed by atoms with Crippen molar-refractivity contribution in [1.82, 2.24) is 0 Å². The van der Waals surface area contributed by atoms with Crippen LogP contribution in [-0.4, -0.2) is 34.2 Å². The molecule has 0 amide bonds. The number of methoxy groups -OCH3 is 4. The van der Waals surface area contributed by atoms with Crippen molar-refractivity contribution in [3.63, 3.8) is 0 Å². The van der Waals surface area contributed by atoms with Crippen LogP contribution in [0.2, 0.25) is 0 Å². The Morgan fingerprint density at radius 1 is 0.812 bits per heavy atom. The molecule has 164 valence electrons. The molecule has 0 saturated heterocycles. The van der Waals surface area contributed by atoms with Crippen molar-refractivity contribution in [1.29, 1.82) is 0 Å². The van der Waals surface area contributed by atoms with Crippen molar-refractivity contribution in [3.05, 3.63) is 82.9 Å². The molecule has 6 nitrogen and oxygen atoms in total. The van der Waals surface area contributed by atoms with Gasteiger partial charge in [-0.3, -0.25) is 4.79 Å². The number of fused-ring (bicyclic) bond motifs is 1. The second kappa shape index (κ2) is 9.06. The standard InChI is InChI=1S/C26H24O6/c1-28-18-10-11-21-19(15-18)24(27)20(25(32-21)17-8-6-5-7-9-17)12-16-13-22(29-2)26(31-4)23(14-16)30-3/h5-15,25H,1-4H3. The predicted octanol–water partition coefficient (Wildman–Crippen LogP) is 5.12. The molecular formula is C26H24O6. The van der Waals surface area contributed by atoms with Crippen LogP contribution in [-0.2, 0) is 0 Å². The summed E-state index contributed by atoms with van der Waals surface area (Å²) in [7, 11) is 6.22. The van der Waals surface area contributed by atoms with Crippen molar-refractivity contribution >= 4 is 11.9 Å². The summed E-state index contributed by atoms with van der Waals surface area (Å²) in [4.78, 5) is 13.6. The Hall–Kier alpha value is -3.93. The van der Waals surface area contributed by atoms with Gasteiger partial charge in [-0.15, -0.1) is 0 Å². The zero-order valence-corrected chi connectivity index (χ0v) is 18.4. The van der Waals surface area contributed by atoms with Gasteiger partial charge in [0, 0.05) is 5.57 Å². The maximum atomic E-state index is 13.6. The maximum absolute atomic E-state index is 13.6. The van der Waals surface area contributed by atoms with E-state index in [0.717, 1.165) is 11.1 Å². The summed E-state index contributed by atoms with van der Waals surface area (Å²) in [5.74, 6) is 2.46. The average Bonchev–Trinajstić information content (AvgIpc) is 2.85. The lowest BCUT2D eigenvalue weighted by Crippen LogP contribution is -2.23. The Kier molecular flexibility index (Phi) is 6.03. The van der Waals surface area contributed by atoms with Crippen molar-refractivity contribution in [3.8, 4) is 28.7 Å². The van der Waals surface area contributed by atoms with Crippen LogP contribution in [0.4, 0.5) is 0 Å². The first kappa shape index (κ1) is 21.3. The van der Waals surface area contributed by atoms with Gasteiger partial charge in [0.1, 0.15) is 11.5 Å². The molecule has 0 bridgehead atoms. The number of carbonyl (C=O) groups excluding carboxylic acids is 1. The zero-order chi connectivity index (χ0) is 22.7. The zero-order valence-electron chi connectivity index (χ0n) is 18.4. The normalized spacial score (nSPS) is 16.2. The van der Waals surface area contributed by atoms with Gasteiger partial charge in [0.2, 0.25) is 5.75 Å². The van der Waals surface area contributed by atoms with E-state index in [1.54, 1.807) is 64.8 Å². The van der Waals surface area contributed by atoms with Crippen molar-refractivity contribution < 1.29 is 28.5 Å². The van der Waals surface area contributed by atoms with Gasteiger partial charge in [0.15, 0.2) is 23.4 Å². The molecule has 4 rings (SSSR count). The van der Waals surface area contributed by atoms with E-state index in [4.69, 9.17) is 23.7 Å². The molecule has 0 spiro atoms. The molecule has 0 fully saturated rings. The van der Waals surface area contributed by atoms with Crippen LogP contribution >= 0.6 is 0 Å². The van der Waals surface area contributed by atoms with E-state index in [9.17, 15) is 4.79 Å². The second-order valence-corrected chi connectivity index (χ2v) is 7.16. The molecule has 1 aliphatic rings. The Morgan fingerprint density at radius 3 is 2.09 bits per heavy atom. The molecule has 1 unspecified atom stereocenters. The van der Waals surface area contributed by atoms with Crippen molar-refractivity contribution in [2.75, 3.05) is 28.4 Å². The topological polar surface area (TPSA) is 63.2 Å². The Balaban J connectivity index is 1.89. The van der Waals surface area contributed by atoms with Gasteiger partial charge in [-0.2, -0.15) is 0 Å². The fourth-order valence-electron chi connectivity index (χ4n) is 3.76. The summed E-state index contributed by atoms with van der Waals surface area (Å²) in [6, 6.07) is 18.5. The van der Waals surface area contributed by atoms with Crippen LogP contribution in [0.5, 0.6) is 28.7 Å². The summed E-state index contributed by atoms with van der Waals surface area (Å²) < 4.78 is 27.9. The minimum absolute atomic E-state index is 0.132. The Labute approximate surface area is 186 Å². The van der Waals surface area contributed by atoms with Gasteiger partial charge in [0.25, 0.3) is 0 Å². The molecule has 0 saturated carbocycles. The van der Waals surface area contributed by atoms with Crippen LogP contribution in [0.3, 0.4) is 0 Å². The highest BCUT2D eigenvalue weighted by atomic mass is 16.5. The lowest BCUT2D eigenvalue weighted by Gasteiger charge is -2.28. The first-order valence-electron chi connectivity index (χ1n) is 10.1. The Bertz CT molecular complexity index is 1140. The van der Waals surface area contributed by atoms with Gasteiger partial charge in [-0.25, -0.2) is 0 Å². The second-order valence-electron chi connectivity index (χ2n) is 7.16. The van der Waals surface area contributed by atoms with Crippen molar-refractivity contribution in [2.24, 2.45) is 0 Å². The molecule has 1 heterocycles. The number of ketones is 1. The van der Waals surface area contributed by atoms with Crippen LogP contribution < -0.4 is 23.7 Å². The fraction of sp³-hybridized carbons (Fsp3) is 0.192. The summed E-state index contributed by atoms with van der Waals surface area (Å²) in [6.07, 6.45) is 1.23. The number of ether oxygens (including phenoxy) is 5. The third kappa shape index (κ3) is 3.87. The molecule has 1 atom stereocenters.